The van der Waals surface area contributed by atoms with Gasteiger partial charge in [0.15, 0.2) is 5.54 Å². The van der Waals surface area contributed by atoms with Gasteiger partial charge in [0, 0.05) is 5.56 Å². The Balaban J connectivity index is 1.98. The van der Waals surface area contributed by atoms with E-state index in [0.29, 0.717) is 0 Å². The fraction of sp³-hybridized carbons (Fsp3) is 0.250. The summed E-state index contributed by atoms with van der Waals surface area (Å²) in [4.78, 5) is 0. The van der Waals surface area contributed by atoms with Crippen LogP contribution in [0, 0.1) is 17.4 Å². The molecule has 1 aliphatic carbocycles. The molecule has 77 valence electrons. The van der Waals surface area contributed by atoms with Crippen molar-refractivity contribution in [2.45, 2.75) is 18.4 Å². The number of nitriles is 1. The highest BCUT2D eigenvalue weighted by molar-refractivity contribution is 5.56. The Morgan fingerprint density at radius 2 is 2.31 bits per heavy atom. The van der Waals surface area contributed by atoms with Crippen LogP contribution in [0.2, 0.25) is 0 Å². The standard InChI is InChI=1S/C12H9N4/c13-9-12(6-7-12)16-8-11(14-15-16)10-4-2-1-3-5-10/h1-4,8H,6-7H2. The van der Waals surface area contributed by atoms with E-state index in [2.05, 4.69) is 22.4 Å². The molecule has 4 heteroatoms. The minimum absolute atomic E-state index is 0.431. The number of benzene rings is 1. The second-order valence-corrected chi connectivity index (χ2v) is 3.97. The zero-order valence-corrected chi connectivity index (χ0v) is 8.59. The maximum atomic E-state index is 9.04. The predicted octanol–water partition coefficient (Wildman–Crippen LogP) is 1.76. The summed E-state index contributed by atoms with van der Waals surface area (Å²) in [6.45, 7) is 0. The van der Waals surface area contributed by atoms with E-state index in [-0.39, 0.29) is 0 Å². The minimum Gasteiger partial charge on any atom is -0.232 e. The summed E-state index contributed by atoms with van der Waals surface area (Å²) >= 11 is 0. The van der Waals surface area contributed by atoms with Gasteiger partial charge in [-0.3, -0.25) is 0 Å². The van der Waals surface area contributed by atoms with E-state index in [0.717, 1.165) is 24.1 Å². The van der Waals surface area contributed by atoms with Crippen molar-refractivity contribution in [3.63, 3.8) is 0 Å². The molecule has 1 radical (unpaired) electrons. The summed E-state index contributed by atoms with van der Waals surface area (Å²) < 4.78 is 1.67. The van der Waals surface area contributed by atoms with Crippen LogP contribution >= 0.6 is 0 Å². The Hall–Kier alpha value is -2.15. The Morgan fingerprint density at radius 1 is 1.44 bits per heavy atom. The first-order chi connectivity index (χ1) is 7.84. The quantitative estimate of drug-likeness (QED) is 0.757. The van der Waals surface area contributed by atoms with Crippen LogP contribution in [0.25, 0.3) is 11.3 Å². The molecule has 4 nitrogen and oxygen atoms in total. The van der Waals surface area contributed by atoms with Crippen LogP contribution in [-0.4, -0.2) is 15.0 Å². The Bertz CT molecular complexity index is 546. The third-order valence-corrected chi connectivity index (χ3v) is 2.85. The molecule has 0 N–H and O–H groups in total. The number of hydrogen-bond donors (Lipinski definition) is 0. The van der Waals surface area contributed by atoms with Crippen LogP contribution in [0.4, 0.5) is 0 Å². The molecule has 0 bridgehead atoms. The van der Waals surface area contributed by atoms with E-state index < -0.39 is 5.54 Å². The number of rotatable bonds is 2. The van der Waals surface area contributed by atoms with Crippen molar-refractivity contribution >= 4 is 0 Å². The Kier molecular flexibility index (Phi) is 1.80. The molecule has 16 heavy (non-hydrogen) atoms. The van der Waals surface area contributed by atoms with Crippen molar-refractivity contribution in [2.24, 2.45) is 0 Å². The monoisotopic (exact) mass is 209 g/mol. The molecule has 1 aromatic carbocycles. The van der Waals surface area contributed by atoms with E-state index in [1.54, 1.807) is 4.68 Å². The van der Waals surface area contributed by atoms with Crippen LogP contribution in [0.1, 0.15) is 12.8 Å². The molecule has 0 unspecified atom stereocenters. The summed E-state index contributed by atoms with van der Waals surface area (Å²) in [5, 5.41) is 17.1. The van der Waals surface area contributed by atoms with Crippen molar-refractivity contribution < 1.29 is 0 Å². The summed E-state index contributed by atoms with van der Waals surface area (Å²) in [5.74, 6) is 0. The van der Waals surface area contributed by atoms with Crippen molar-refractivity contribution in [3.8, 4) is 17.3 Å². The highest BCUT2D eigenvalue weighted by Gasteiger charge is 2.46. The van der Waals surface area contributed by atoms with E-state index >= 15 is 0 Å². The average Bonchev–Trinajstić information content (AvgIpc) is 3.00. The molecule has 0 aliphatic heterocycles. The molecule has 0 atom stereocenters. The molecule has 1 aromatic heterocycles. The summed E-state index contributed by atoms with van der Waals surface area (Å²) in [5.41, 5.74) is 1.24. The smallest absolute Gasteiger partial charge is 0.150 e. The second-order valence-electron chi connectivity index (χ2n) is 3.97. The van der Waals surface area contributed by atoms with Crippen molar-refractivity contribution in [2.75, 3.05) is 0 Å². The van der Waals surface area contributed by atoms with Gasteiger partial charge in [0.1, 0.15) is 5.69 Å². The molecule has 0 spiro atoms. The maximum Gasteiger partial charge on any atom is 0.150 e. The molecule has 3 rings (SSSR count). The largest absolute Gasteiger partial charge is 0.232 e. The van der Waals surface area contributed by atoms with Crippen LogP contribution in [-0.2, 0) is 5.54 Å². The third-order valence-electron chi connectivity index (χ3n) is 2.85. The molecule has 1 fully saturated rings. The fourth-order valence-electron chi connectivity index (χ4n) is 1.66. The van der Waals surface area contributed by atoms with Crippen LogP contribution in [0.3, 0.4) is 0 Å². The predicted molar refractivity (Wildman–Crippen MR) is 57.1 cm³/mol. The number of nitrogens with zero attached hydrogens (tertiary/aromatic N) is 4. The van der Waals surface area contributed by atoms with E-state index in [4.69, 9.17) is 5.26 Å². The zero-order valence-electron chi connectivity index (χ0n) is 8.59. The average molecular weight is 209 g/mol. The number of aromatic nitrogens is 3. The zero-order chi connectivity index (χ0) is 11.0. The molecular weight excluding hydrogens is 200 g/mol. The highest BCUT2D eigenvalue weighted by atomic mass is 15.5. The maximum absolute atomic E-state index is 9.04. The molecule has 0 amide bonds. The van der Waals surface area contributed by atoms with Gasteiger partial charge in [-0.15, -0.1) is 5.10 Å². The van der Waals surface area contributed by atoms with E-state index in [1.807, 2.05) is 30.5 Å². The SMILES string of the molecule is N#CC1(n2cc(-c3[c]cccc3)nn2)CC1. The fourth-order valence-corrected chi connectivity index (χ4v) is 1.66. The molecule has 1 saturated carbocycles. The first kappa shape index (κ1) is 9.10. The molecule has 1 aliphatic rings. The van der Waals surface area contributed by atoms with Crippen molar-refractivity contribution in [1.82, 2.24) is 15.0 Å². The Labute approximate surface area is 93.1 Å². The summed E-state index contributed by atoms with van der Waals surface area (Å²) in [6, 6.07) is 13.0. The van der Waals surface area contributed by atoms with Crippen LogP contribution < -0.4 is 0 Å². The normalized spacial score (nSPS) is 16.7. The van der Waals surface area contributed by atoms with Gasteiger partial charge in [-0.2, -0.15) is 5.26 Å². The topological polar surface area (TPSA) is 54.5 Å². The van der Waals surface area contributed by atoms with Crippen molar-refractivity contribution in [1.29, 1.82) is 5.26 Å². The lowest BCUT2D eigenvalue weighted by Gasteiger charge is -2.02. The van der Waals surface area contributed by atoms with E-state index in [1.165, 1.54) is 0 Å². The second kappa shape index (κ2) is 3.17. The third kappa shape index (κ3) is 1.29. The first-order valence-corrected chi connectivity index (χ1v) is 5.15. The molecular formula is C12H9N4. The van der Waals surface area contributed by atoms with Crippen LogP contribution in [0.5, 0.6) is 0 Å². The summed E-state index contributed by atoms with van der Waals surface area (Å²) in [7, 11) is 0. The van der Waals surface area contributed by atoms with Gasteiger partial charge in [-0.05, 0) is 18.9 Å². The van der Waals surface area contributed by atoms with Gasteiger partial charge < -0.3 is 0 Å². The Morgan fingerprint density at radius 3 is 2.94 bits per heavy atom. The lowest BCUT2D eigenvalue weighted by molar-refractivity contribution is 0.516. The minimum atomic E-state index is -0.431. The lowest BCUT2D eigenvalue weighted by Crippen LogP contribution is -2.14. The lowest BCUT2D eigenvalue weighted by atomic mass is 10.2. The first-order valence-electron chi connectivity index (χ1n) is 5.15. The molecule has 2 aromatic rings. The van der Waals surface area contributed by atoms with Gasteiger partial charge in [0.05, 0.1) is 12.3 Å². The van der Waals surface area contributed by atoms with Gasteiger partial charge in [-0.25, -0.2) is 4.68 Å². The van der Waals surface area contributed by atoms with E-state index in [9.17, 15) is 0 Å². The van der Waals surface area contributed by atoms with Gasteiger partial charge in [0.25, 0.3) is 0 Å². The number of hydrogen-bond acceptors (Lipinski definition) is 3. The van der Waals surface area contributed by atoms with Gasteiger partial charge in [0.2, 0.25) is 0 Å². The van der Waals surface area contributed by atoms with Gasteiger partial charge >= 0.3 is 0 Å². The molecule has 1 heterocycles. The highest BCUT2D eigenvalue weighted by Crippen LogP contribution is 2.42. The molecule has 0 saturated heterocycles. The van der Waals surface area contributed by atoms with Gasteiger partial charge in [-0.1, -0.05) is 29.5 Å². The van der Waals surface area contributed by atoms with Crippen molar-refractivity contribution in [3.05, 3.63) is 36.5 Å². The van der Waals surface area contributed by atoms with Crippen LogP contribution in [0.15, 0.2) is 30.5 Å². The summed E-state index contributed by atoms with van der Waals surface area (Å²) in [6.07, 6.45) is 3.55.